The molecule has 1 aliphatic carbocycles. The molecule has 0 bridgehead atoms. The summed E-state index contributed by atoms with van der Waals surface area (Å²) in [5.41, 5.74) is -1.49. The van der Waals surface area contributed by atoms with E-state index in [9.17, 15) is 18.3 Å². The Balaban J connectivity index is 2.41. The van der Waals surface area contributed by atoms with Crippen LogP contribution in [-0.2, 0) is 19.6 Å². The number of carboxylic acid groups (broad SMARTS) is 1. The van der Waals surface area contributed by atoms with Crippen LogP contribution in [0.1, 0.15) is 12.8 Å². The number of nitrogens with zero attached hydrogens (tertiary/aromatic N) is 1. The SMILES string of the molecule is COC1CC(C(=O)O)(N(C)S(=O)(=O)c2ccccc2Cl)C1. The number of halogens is 1. The Morgan fingerprint density at radius 3 is 2.48 bits per heavy atom. The number of carboxylic acids is 1. The topological polar surface area (TPSA) is 83.9 Å². The van der Waals surface area contributed by atoms with Crippen molar-refractivity contribution in [2.75, 3.05) is 14.2 Å². The number of hydrogen-bond donors (Lipinski definition) is 1. The van der Waals surface area contributed by atoms with Gasteiger partial charge in [0, 0.05) is 27.0 Å². The maximum Gasteiger partial charge on any atom is 0.325 e. The molecule has 0 aliphatic heterocycles. The van der Waals surface area contributed by atoms with Gasteiger partial charge in [0.05, 0.1) is 11.1 Å². The number of benzene rings is 1. The van der Waals surface area contributed by atoms with Crippen molar-refractivity contribution < 1.29 is 23.1 Å². The molecule has 0 spiro atoms. The van der Waals surface area contributed by atoms with Crippen LogP contribution < -0.4 is 0 Å². The predicted molar refractivity (Wildman–Crippen MR) is 76.8 cm³/mol. The van der Waals surface area contributed by atoms with E-state index in [4.69, 9.17) is 16.3 Å². The molecule has 1 saturated carbocycles. The van der Waals surface area contributed by atoms with E-state index in [1.54, 1.807) is 12.1 Å². The van der Waals surface area contributed by atoms with Gasteiger partial charge in [-0.1, -0.05) is 23.7 Å². The number of sulfonamides is 1. The smallest absolute Gasteiger partial charge is 0.325 e. The minimum Gasteiger partial charge on any atom is -0.480 e. The molecular weight excluding hydrogens is 318 g/mol. The summed E-state index contributed by atoms with van der Waals surface area (Å²) in [7, 11) is -1.27. The van der Waals surface area contributed by atoms with Gasteiger partial charge >= 0.3 is 5.97 Å². The fourth-order valence-corrected chi connectivity index (χ4v) is 4.43. The minimum absolute atomic E-state index is 0.0625. The summed E-state index contributed by atoms with van der Waals surface area (Å²) in [4.78, 5) is 11.5. The van der Waals surface area contributed by atoms with Gasteiger partial charge in [0.2, 0.25) is 10.0 Å². The maximum atomic E-state index is 12.6. The van der Waals surface area contributed by atoms with Crippen LogP contribution in [0, 0.1) is 0 Å². The minimum atomic E-state index is -4.00. The van der Waals surface area contributed by atoms with Crippen LogP contribution in [0.25, 0.3) is 0 Å². The third kappa shape index (κ3) is 2.55. The van der Waals surface area contributed by atoms with Crippen molar-refractivity contribution in [3.63, 3.8) is 0 Å². The van der Waals surface area contributed by atoms with Crippen LogP contribution in [0.3, 0.4) is 0 Å². The zero-order chi connectivity index (χ0) is 15.8. The second-order valence-electron chi connectivity index (χ2n) is 5.01. The first-order chi connectivity index (χ1) is 9.75. The van der Waals surface area contributed by atoms with Crippen molar-refractivity contribution >= 4 is 27.6 Å². The first kappa shape index (κ1) is 16.2. The summed E-state index contributed by atoms with van der Waals surface area (Å²) in [6.07, 6.45) is -0.0390. The molecule has 6 nitrogen and oxygen atoms in total. The molecule has 1 fully saturated rings. The standard InChI is InChI=1S/C13H16ClNO5S/c1-15(13(12(16)17)7-9(8-13)20-2)21(18,19)11-6-4-3-5-10(11)14/h3-6,9H,7-8H2,1-2H3,(H,16,17). The van der Waals surface area contributed by atoms with Crippen molar-refractivity contribution in [3.05, 3.63) is 29.3 Å². The summed E-state index contributed by atoms with van der Waals surface area (Å²) in [5, 5.41) is 9.51. The summed E-state index contributed by atoms with van der Waals surface area (Å²) in [6.45, 7) is 0. The first-order valence-corrected chi connectivity index (χ1v) is 8.07. The molecule has 8 heteroatoms. The second kappa shape index (κ2) is 5.57. The van der Waals surface area contributed by atoms with Crippen molar-refractivity contribution in [1.29, 1.82) is 0 Å². The highest BCUT2D eigenvalue weighted by Crippen LogP contribution is 2.42. The van der Waals surface area contributed by atoms with Crippen LogP contribution in [0.15, 0.2) is 29.2 Å². The Labute approximate surface area is 128 Å². The van der Waals surface area contributed by atoms with Crippen molar-refractivity contribution in [1.82, 2.24) is 4.31 Å². The fourth-order valence-electron chi connectivity index (χ4n) is 2.46. The quantitative estimate of drug-likeness (QED) is 0.884. The van der Waals surface area contributed by atoms with Gasteiger partial charge in [-0.3, -0.25) is 4.79 Å². The average Bonchev–Trinajstić information content (AvgIpc) is 2.37. The largest absolute Gasteiger partial charge is 0.480 e. The molecule has 1 aromatic rings. The molecule has 21 heavy (non-hydrogen) atoms. The zero-order valence-corrected chi connectivity index (χ0v) is 13.2. The van der Waals surface area contributed by atoms with Crippen molar-refractivity contribution in [2.24, 2.45) is 0 Å². The van der Waals surface area contributed by atoms with Crippen LogP contribution in [0.2, 0.25) is 5.02 Å². The number of ether oxygens (including phenoxy) is 1. The lowest BCUT2D eigenvalue weighted by molar-refractivity contribution is -0.162. The summed E-state index contributed by atoms with van der Waals surface area (Å²) in [6, 6.07) is 5.96. The highest BCUT2D eigenvalue weighted by molar-refractivity contribution is 7.89. The second-order valence-corrected chi connectivity index (χ2v) is 7.35. The Morgan fingerprint density at radius 2 is 2.00 bits per heavy atom. The molecule has 1 aromatic carbocycles. The van der Waals surface area contributed by atoms with Gasteiger partial charge in [0.1, 0.15) is 10.4 Å². The van der Waals surface area contributed by atoms with Crippen LogP contribution in [0.5, 0.6) is 0 Å². The molecule has 1 aliphatic rings. The zero-order valence-electron chi connectivity index (χ0n) is 11.6. The normalized spacial score (nSPS) is 25.6. The monoisotopic (exact) mass is 333 g/mol. The lowest BCUT2D eigenvalue weighted by Gasteiger charge is -2.48. The molecule has 1 N–H and O–H groups in total. The van der Waals surface area contributed by atoms with Gasteiger partial charge < -0.3 is 9.84 Å². The Hall–Kier alpha value is -1.15. The van der Waals surface area contributed by atoms with E-state index >= 15 is 0 Å². The number of methoxy groups -OCH3 is 1. The lowest BCUT2D eigenvalue weighted by atomic mass is 9.74. The molecule has 0 saturated heterocycles. The maximum absolute atomic E-state index is 12.6. The molecule has 0 heterocycles. The van der Waals surface area contributed by atoms with Crippen LogP contribution in [-0.4, -0.2) is 49.6 Å². The number of hydrogen-bond acceptors (Lipinski definition) is 4. The van der Waals surface area contributed by atoms with E-state index in [0.29, 0.717) is 0 Å². The molecule has 0 atom stereocenters. The van der Waals surface area contributed by atoms with E-state index < -0.39 is 21.5 Å². The molecule has 0 amide bonds. The summed E-state index contributed by atoms with van der Waals surface area (Å²) in [5.74, 6) is -1.19. The van der Waals surface area contributed by atoms with Crippen molar-refractivity contribution in [2.45, 2.75) is 29.4 Å². The van der Waals surface area contributed by atoms with Crippen LogP contribution >= 0.6 is 11.6 Å². The first-order valence-electron chi connectivity index (χ1n) is 6.25. The number of likely N-dealkylation sites (N-methyl/N-ethyl adjacent to an activating group) is 1. The fraction of sp³-hybridized carbons (Fsp3) is 0.462. The molecule has 2 rings (SSSR count). The van der Waals surface area contributed by atoms with Gasteiger partial charge in [0.15, 0.2) is 0 Å². The van der Waals surface area contributed by atoms with E-state index in [-0.39, 0.29) is 28.9 Å². The number of rotatable bonds is 5. The van der Waals surface area contributed by atoms with Gasteiger partial charge in [-0.2, -0.15) is 4.31 Å². The van der Waals surface area contributed by atoms with E-state index in [1.165, 1.54) is 26.3 Å². The van der Waals surface area contributed by atoms with Gasteiger partial charge in [0.25, 0.3) is 0 Å². The summed E-state index contributed by atoms with van der Waals surface area (Å²) >= 11 is 5.92. The third-order valence-corrected chi connectivity index (χ3v) is 6.36. The Kier molecular flexibility index (Phi) is 4.30. The van der Waals surface area contributed by atoms with E-state index in [1.807, 2.05) is 0 Å². The van der Waals surface area contributed by atoms with Gasteiger partial charge in [-0.15, -0.1) is 0 Å². The van der Waals surface area contributed by atoms with Crippen molar-refractivity contribution in [3.8, 4) is 0 Å². The Morgan fingerprint density at radius 1 is 1.43 bits per heavy atom. The van der Waals surface area contributed by atoms with E-state index in [2.05, 4.69) is 0 Å². The summed E-state index contributed by atoms with van der Waals surface area (Å²) < 4.78 is 31.2. The highest BCUT2D eigenvalue weighted by Gasteiger charge is 2.57. The molecule has 0 radical (unpaired) electrons. The number of aliphatic carboxylic acids is 1. The molecule has 0 unspecified atom stereocenters. The lowest BCUT2D eigenvalue weighted by Crippen LogP contribution is -2.64. The van der Waals surface area contributed by atoms with Gasteiger partial charge in [-0.25, -0.2) is 8.42 Å². The van der Waals surface area contributed by atoms with Gasteiger partial charge in [-0.05, 0) is 12.1 Å². The molecule has 0 aromatic heterocycles. The van der Waals surface area contributed by atoms with E-state index in [0.717, 1.165) is 4.31 Å². The highest BCUT2D eigenvalue weighted by atomic mass is 35.5. The average molecular weight is 334 g/mol. The van der Waals surface area contributed by atoms with Crippen LogP contribution in [0.4, 0.5) is 0 Å². The number of carbonyl (C=O) groups is 1. The molecular formula is C13H16ClNO5S. The predicted octanol–water partition coefficient (Wildman–Crippen LogP) is 1.59. The molecule has 116 valence electrons. The Bertz CT molecular complexity index is 654. The third-order valence-electron chi connectivity index (χ3n) is 3.94.